The van der Waals surface area contributed by atoms with Gasteiger partial charge in [0.05, 0.1) is 18.9 Å². The predicted molar refractivity (Wildman–Crippen MR) is 116 cm³/mol. The number of aromatic nitrogens is 1. The number of halogens is 3. The number of carbonyl (C=O) groups is 1. The minimum Gasteiger partial charge on any atom is -0.497 e. The van der Waals surface area contributed by atoms with E-state index in [2.05, 4.69) is 10.3 Å². The summed E-state index contributed by atoms with van der Waals surface area (Å²) in [7, 11) is 1.55. The number of nitrogens with one attached hydrogen (secondary N) is 1. The number of benzene rings is 2. The molecule has 0 unspecified atom stereocenters. The first kappa shape index (κ1) is 21.6. The average Bonchev–Trinajstić information content (AvgIpc) is 3.08. The molecule has 0 bridgehead atoms. The minimum absolute atomic E-state index is 0.279. The van der Waals surface area contributed by atoms with Crippen LogP contribution >= 0.6 is 11.3 Å². The van der Waals surface area contributed by atoms with Crippen molar-refractivity contribution in [3.05, 3.63) is 88.1 Å². The second kappa shape index (κ2) is 8.88. The van der Waals surface area contributed by atoms with Crippen LogP contribution in [0, 0.1) is 0 Å². The van der Waals surface area contributed by atoms with Crippen molar-refractivity contribution in [3.63, 3.8) is 0 Å². The van der Waals surface area contributed by atoms with Gasteiger partial charge in [-0.25, -0.2) is 4.98 Å². The molecule has 0 saturated heterocycles. The fourth-order valence-corrected chi connectivity index (χ4v) is 3.93. The zero-order valence-corrected chi connectivity index (χ0v) is 17.6. The fraction of sp³-hybridized carbons (Fsp3) is 0.130. The molecule has 3 aromatic rings. The van der Waals surface area contributed by atoms with Crippen molar-refractivity contribution in [1.82, 2.24) is 4.98 Å². The lowest BCUT2D eigenvalue weighted by molar-refractivity contribution is -0.137. The minimum atomic E-state index is -4.39. The Morgan fingerprint density at radius 2 is 2.06 bits per heavy atom. The third kappa shape index (κ3) is 5.00. The number of alkyl halides is 3. The number of anilines is 1. The predicted octanol–water partition coefficient (Wildman–Crippen LogP) is 5.69. The topological polar surface area (TPSA) is 60.5 Å². The van der Waals surface area contributed by atoms with Gasteiger partial charge in [0.25, 0.3) is 5.91 Å². The van der Waals surface area contributed by atoms with Gasteiger partial charge in [0.2, 0.25) is 0 Å². The highest BCUT2D eigenvalue weighted by Gasteiger charge is 2.30. The molecule has 32 heavy (non-hydrogen) atoms. The molecule has 0 fully saturated rings. The summed E-state index contributed by atoms with van der Waals surface area (Å²) in [5, 5.41) is 3.07. The van der Waals surface area contributed by atoms with Crippen molar-refractivity contribution in [1.29, 1.82) is 0 Å². The Hall–Kier alpha value is -3.59. The standard InChI is InChI=1S/C23H17F3N2O3S/c1-30-18-5-6-20-16(12-18)11-15(7-8-31-20)21(29)28-22-27-13-19(32-22)10-14-3-2-4-17(9-14)23(24,25)26/h2-9,11-13H,10H2,1H3,(H,27,28,29). The van der Waals surface area contributed by atoms with Gasteiger partial charge >= 0.3 is 6.18 Å². The van der Waals surface area contributed by atoms with Gasteiger partial charge in [0.15, 0.2) is 5.13 Å². The Morgan fingerprint density at radius 3 is 2.84 bits per heavy atom. The molecule has 1 aromatic heterocycles. The van der Waals surface area contributed by atoms with Crippen LogP contribution in [-0.2, 0) is 17.4 Å². The molecule has 1 aliphatic heterocycles. The Kier molecular flexibility index (Phi) is 6.00. The van der Waals surface area contributed by atoms with Crippen LogP contribution in [0.4, 0.5) is 18.3 Å². The summed E-state index contributed by atoms with van der Waals surface area (Å²) < 4.78 is 49.5. The van der Waals surface area contributed by atoms with E-state index >= 15 is 0 Å². The third-order valence-electron chi connectivity index (χ3n) is 4.64. The number of methoxy groups -OCH3 is 1. The van der Waals surface area contributed by atoms with Crippen molar-refractivity contribution >= 4 is 28.5 Å². The van der Waals surface area contributed by atoms with E-state index < -0.39 is 11.7 Å². The van der Waals surface area contributed by atoms with Gasteiger partial charge in [-0.2, -0.15) is 13.2 Å². The van der Waals surface area contributed by atoms with Crippen LogP contribution < -0.4 is 14.8 Å². The number of fused-ring (bicyclic) bond motifs is 1. The molecule has 1 N–H and O–H groups in total. The smallest absolute Gasteiger partial charge is 0.416 e. The van der Waals surface area contributed by atoms with Crippen LogP contribution in [0.25, 0.3) is 6.08 Å². The molecule has 0 radical (unpaired) electrons. The second-order valence-corrected chi connectivity index (χ2v) is 8.00. The molecule has 0 saturated carbocycles. The molecule has 0 spiro atoms. The van der Waals surface area contributed by atoms with Crippen LogP contribution in [0.3, 0.4) is 0 Å². The summed E-state index contributed by atoms with van der Waals surface area (Å²) in [6.07, 6.45) is 2.06. The van der Waals surface area contributed by atoms with E-state index in [1.807, 2.05) is 0 Å². The molecule has 0 atom stereocenters. The van der Waals surface area contributed by atoms with E-state index in [-0.39, 0.29) is 12.3 Å². The maximum Gasteiger partial charge on any atom is 0.416 e. The van der Waals surface area contributed by atoms with Crippen molar-refractivity contribution in [2.24, 2.45) is 0 Å². The first-order valence-electron chi connectivity index (χ1n) is 9.47. The number of hydrogen-bond acceptors (Lipinski definition) is 5. The summed E-state index contributed by atoms with van der Waals surface area (Å²) in [4.78, 5) is 17.6. The monoisotopic (exact) mass is 458 g/mol. The van der Waals surface area contributed by atoms with Gasteiger partial charge < -0.3 is 9.47 Å². The van der Waals surface area contributed by atoms with Gasteiger partial charge in [0, 0.05) is 28.6 Å². The average molecular weight is 458 g/mol. The molecule has 2 heterocycles. The zero-order valence-electron chi connectivity index (χ0n) is 16.8. The normalized spacial score (nSPS) is 12.9. The molecule has 1 aliphatic rings. The van der Waals surface area contributed by atoms with Gasteiger partial charge in [-0.1, -0.05) is 18.2 Å². The summed E-state index contributed by atoms with van der Waals surface area (Å²) in [6, 6.07) is 10.4. The SMILES string of the molecule is COc1ccc2c(c1)C=C(C(=O)Nc1ncc(Cc3cccc(C(F)(F)F)c3)s1)C=CO2. The Balaban J connectivity index is 1.47. The van der Waals surface area contributed by atoms with Gasteiger partial charge in [-0.3, -0.25) is 10.1 Å². The lowest BCUT2D eigenvalue weighted by atomic mass is 10.1. The third-order valence-corrected chi connectivity index (χ3v) is 5.55. The molecule has 0 aliphatic carbocycles. The van der Waals surface area contributed by atoms with Crippen LogP contribution in [0.15, 0.2) is 66.6 Å². The molecule has 5 nitrogen and oxygen atoms in total. The lowest BCUT2D eigenvalue weighted by Gasteiger charge is -2.07. The van der Waals surface area contributed by atoms with E-state index in [9.17, 15) is 18.0 Å². The summed E-state index contributed by atoms with van der Waals surface area (Å²) in [5.74, 6) is 0.826. The van der Waals surface area contributed by atoms with Gasteiger partial charge in [-0.15, -0.1) is 11.3 Å². The quantitative estimate of drug-likeness (QED) is 0.534. The van der Waals surface area contributed by atoms with Gasteiger partial charge in [0.1, 0.15) is 11.5 Å². The maximum absolute atomic E-state index is 12.9. The van der Waals surface area contributed by atoms with E-state index in [4.69, 9.17) is 9.47 Å². The van der Waals surface area contributed by atoms with Gasteiger partial charge in [-0.05, 0) is 42.0 Å². The number of ether oxygens (including phenoxy) is 2. The number of thiazole rings is 1. The van der Waals surface area contributed by atoms with Crippen molar-refractivity contribution < 1.29 is 27.4 Å². The van der Waals surface area contributed by atoms with Crippen LogP contribution in [-0.4, -0.2) is 18.0 Å². The molecular formula is C23H17F3N2O3S. The number of nitrogens with zero attached hydrogens (tertiary/aromatic N) is 1. The molecule has 164 valence electrons. The first-order valence-corrected chi connectivity index (χ1v) is 10.3. The Labute approximate surface area is 185 Å². The first-order chi connectivity index (χ1) is 15.3. The fourth-order valence-electron chi connectivity index (χ4n) is 3.09. The number of hydrogen-bond donors (Lipinski definition) is 1. The molecule has 1 amide bonds. The van der Waals surface area contributed by atoms with E-state index in [1.165, 1.54) is 23.7 Å². The molecule has 2 aromatic carbocycles. The van der Waals surface area contributed by atoms with E-state index in [1.54, 1.807) is 49.7 Å². The Morgan fingerprint density at radius 1 is 1.22 bits per heavy atom. The molecular weight excluding hydrogens is 441 g/mol. The highest BCUT2D eigenvalue weighted by atomic mass is 32.1. The largest absolute Gasteiger partial charge is 0.497 e. The highest BCUT2D eigenvalue weighted by Crippen LogP contribution is 2.31. The number of rotatable bonds is 5. The van der Waals surface area contributed by atoms with Crippen LogP contribution in [0.5, 0.6) is 11.5 Å². The van der Waals surface area contributed by atoms with Crippen molar-refractivity contribution in [3.8, 4) is 11.5 Å². The van der Waals surface area contributed by atoms with Crippen molar-refractivity contribution in [2.45, 2.75) is 12.6 Å². The van der Waals surface area contributed by atoms with Crippen LogP contribution in [0.1, 0.15) is 21.6 Å². The molecule has 9 heteroatoms. The summed E-state index contributed by atoms with van der Waals surface area (Å²) in [5.41, 5.74) is 0.855. The second-order valence-electron chi connectivity index (χ2n) is 6.88. The van der Waals surface area contributed by atoms with E-state index in [0.29, 0.717) is 33.3 Å². The van der Waals surface area contributed by atoms with Crippen molar-refractivity contribution in [2.75, 3.05) is 12.4 Å². The highest BCUT2D eigenvalue weighted by molar-refractivity contribution is 7.15. The number of carbonyl (C=O) groups excluding carboxylic acids is 1. The summed E-state index contributed by atoms with van der Waals surface area (Å²) >= 11 is 1.20. The molecule has 4 rings (SSSR count). The number of amides is 1. The Bertz CT molecular complexity index is 1220. The maximum atomic E-state index is 12.9. The van der Waals surface area contributed by atoms with E-state index in [0.717, 1.165) is 17.0 Å². The lowest BCUT2D eigenvalue weighted by Crippen LogP contribution is -2.12. The van der Waals surface area contributed by atoms with Crippen LogP contribution in [0.2, 0.25) is 0 Å². The summed E-state index contributed by atoms with van der Waals surface area (Å²) in [6.45, 7) is 0. The zero-order chi connectivity index (χ0) is 22.7.